The third kappa shape index (κ3) is 1.66. The van der Waals surface area contributed by atoms with Crippen molar-refractivity contribution in [3.05, 3.63) is 28.5 Å². The van der Waals surface area contributed by atoms with E-state index < -0.39 is 0 Å². The fourth-order valence-electron chi connectivity index (χ4n) is 4.33. The van der Waals surface area contributed by atoms with E-state index in [4.69, 9.17) is 0 Å². The first-order valence-corrected chi connectivity index (χ1v) is 7.46. The molecule has 0 amide bonds. The highest BCUT2D eigenvalue weighted by atomic mass is 79.9. The second-order valence-corrected chi connectivity index (χ2v) is 6.78. The van der Waals surface area contributed by atoms with Crippen molar-refractivity contribution in [2.24, 2.45) is 23.7 Å². The van der Waals surface area contributed by atoms with Gasteiger partial charge in [0.2, 0.25) is 0 Å². The van der Waals surface area contributed by atoms with Crippen LogP contribution < -0.4 is 5.32 Å². The Morgan fingerprint density at radius 1 is 1.24 bits per heavy atom. The van der Waals surface area contributed by atoms with Crippen LogP contribution in [0, 0.1) is 23.7 Å². The Balaban J connectivity index is 1.37. The Morgan fingerprint density at radius 3 is 2.65 bits per heavy atom. The molecular formula is C14H17BrN2. The summed E-state index contributed by atoms with van der Waals surface area (Å²) in [6.45, 7) is 0.935. The zero-order valence-electron chi connectivity index (χ0n) is 9.77. The SMILES string of the molecule is Brc1ccc(CNC2C3C4CCC(C4)C23)nc1. The summed E-state index contributed by atoms with van der Waals surface area (Å²) < 4.78 is 1.06. The average molecular weight is 293 g/mol. The van der Waals surface area contributed by atoms with Gasteiger partial charge in [-0.2, -0.15) is 0 Å². The molecule has 1 aromatic rings. The number of rotatable bonds is 3. The van der Waals surface area contributed by atoms with Crippen molar-refractivity contribution >= 4 is 15.9 Å². The molecule has 0 radical (unpaired) electrons. The van der Waals surface area contributed by atoms with Crippen LogP contribution in [0.15, 0.2) is 22.8 Å². The van der Waals surface area contributed by atoms with Crippen LogP contribution in [0.25, 0.3) is 0 Å². The van der Waals surface area contributed by atoms with E-state index in [2.05, 4.69) is 38.4 Å². The van der Waals surface area contributed by atoms with E-state index in [1.165, 1.54) is 19.3 Å². The van der Waals surface area contributed by atoms with E-state index in [1.807, 2.05) is 6.20 Å². The minimum Gasteiger partial charge on any atom is -0.308 e. The van der Waals surface area contributed by atoms with Crippen molar-refractivity contribution in [1.29, 1.82) is 0 Å². The zero-order chi connectivity index (χ0) is 11.4. The summed E-state index contributed by atoms with van der Waals surface area (Å²) in [5.41, 5.74) is 1.16. The Morgan fingerprint density at radius 2 is 2.00 bits per heavy atom. The molecule has 1 aromatic heterocycles. The van der Waals surface area contributed by atoms with Crippen LogP contribution >= 0.6 is 15.9 Å². The minimum atomic E-state index is 0.812. The first-order chi connectivity index (χ1) is 8.33. The molecule has 3 heteroatoms. The molecule has 17 heavy (non-hydrogen) atoms. The first-order valence-electron chi connectivity index (χ1n) is 6.67. The van der Waals surface area contributed by atoms with Gasteiger partial charge in [-0.3, -0.25) is 4.98 Å². The molecule has 0 aromatic carbocycles. The third-order valence-electron chi connectivity index (χ3n) is 5.04. The topological polar surface area (TPSA) is 24.9 Å². The van der Waals surface area contributed by atoms with Gasteiger partial charge < -0.3 is 5.32 Å². The summed E-state index contributed by atoms with van der Waals surface area (Å²) in [6.07, 6.45) is 6.42. The molecule has 3 saturated carbocycles. The van der Waals surface area contributed by atoms with Crippen LogP contribution in [0.1, 0.15) is 25.0 Å². The van der Waals surface area contributed by atoms with Crippen LogP contribution in [0.2, 0.25) is 0 Å². The Kier molecular flexibility index (Phi) is 2.34. The van der Waals surface area contributed by atoms with E-state index in [1.54, 1.807) is 0 Å². The van der Waals surface area contributed by atoms with Gasteiger partial charge >= 0.3 is 0 Å². The number of aromatic nitrogens is 1. The molecule has 90 valence electrons. The average Bonchev–Trinajstić information content (AvgIpc) is 2.74. The summed E-state index contributed by atoms with van der Waals surface area (Å²) in [6, 6.07) is 4.98. The Labute approximate surface area is 110 Å². The highest BCUT2D eigenvalue weighted by Crippen LogP contribution is 2.65. The molecule has 4 atom stereocenters. The second-order valence-electron chi connectivity index (χ2n) is 5.86. The highest BCUT2D eigenvalue weighted by Gasteiger charge is 2.64. The quantitative estimate of drug-likeness (QED) is 0.926. The predicted octanol–water partition coefficient (Wildman–Crippen LogP) is 2.98. The molecule has 1 N–H and O–H groups in total. The third-order valence-corrected chi connectivity index (χ3v) is 5.51. The number of pyridine rings is 1. The van der Waals surface area contributed by atoms with Crippen LogP contribution in [0.5, 0.6) is 0 Å². The molecule has 1 heterocycles. The molecule has 0 spiro atoms. The Hall–Kier alpha value is -0.410. The lowest BCUT2D eigenvalue weighted by molar-refractivity contribution is 0.456. The molecule has 3 aliphatic rings. The fraction of sp³-hybridized carbons (Fsp3) is 0.643. The Bertz CT molecular complexity index is 414. The van der Waals surface area contributed by atoms with Crippen molar-refractivity contribution in [3.63, 3.8) is 0 Å². The van der Waals surface area contributed by atoms with Crippen LogP contribution in [-0.2, 0) is 6.54 Å². The lowest BCUT2D eigenvalue weighted by atomic mass is 10.0. The van der Waals surface area contributed by atoms with Gasteiger partial charge in [0.15, 0.2) is 0 Å². The molecule has 3 fully saturated rings. The molecule has 0 saturated heterocycles. The number of fused-ring (bicyclic) bond motifs is 5. The lowest BCUT2D eigenvalue weighted by Crippen LogP contribution is -2.22. The molecule has 3 aliphatic carbocycles. The lowest BCUT2D eigenvalue weighted by Gasteiger charge is -2.10. The van der Waals surface area contributed by atoms with E-state index in [-0.39, 0.29) is 0 Å². The molecular weight excluding hydrogens is 276 g/mol. The van der Waals surface area contributed by atoms with Gasteiger partial charge in [-0.15, -0.1) is 0 Å². The molecule has 2 nitrogen and oxygen atoms in total. The minimum absolute atomic E-state index is 0.812. The van der Waals surface area contributed by atoms with Gasteiger partial charge in [-0.05, 0) is 71.0 Å². The summed E-state index contributed by atoms with van der Waals surface area (Å²) in [4.78, 5) is 4.42. The maximum Gasteiger partial charge on any atom is 0.0542 e. The largest absolute Gasteiger partial charge is 0.308 e. The van der Waals surface area contributed by atoms with Gasteiger partial charge in [-0.1, -0.05) is 0 Å². The summed E-state index contributed by atoms with van der Waals surface area (Å²) in [5, 5.41) is 3.72. The van der Waals surface area contributed by atoms with Gasteiger partial charge in [-0.25, -0.2) is 0 Å². The smallest absolute Gasteiger partial charge is 0.0542 e. The maximum absolute atomic E-state index is 4.42. The highest BCUT2D eigenvalue weighted by molar-refractivity contribution is 9.10. The second kappa shape index (κ2) is 3.79. The van der Waals surface area contributed by atoms with Crippen molar-refractivity contribution in [1.82, 2.24) is 10.3 Å². The van der Waals surface area contributed by atoms with Gasteiger partial charge in [0.1, 0.15) is 0 Å². The van der Waals surface area contributed by atoms with Gasteiger partial charge in [0.05, 0.1) is 5.69 Å². The van der Waals surface area contributed by atoms with Gasteiger partial charge in [0.25, 0.3) is 0 Å². The molecule has 0 aliphatic heterocycles. The number of nitrogens with one attached hydrogen (secondary N) is 1. The van der Waals surface area contributed by atoms with E-state index in [0.29, 0.717) is 0 Å². The predicted molar refractivity (Wildman–Crippen MR) is 70.4 cm³/mol. The van der Waals surface area contributed by atoms with Crippen molar-refractivity contribution < 1.29 is 0 Å². The summed E-state index contributed by atoms with van der Waals surface area (Å²) in [7, 11) is 0. The number of halogens is 1. The number of hydrogen-bond acceptors (Lipinski definition) is 2. The first kappa shape index (κ1) is 10.5. The normalized spacial score (nSPS) is 41.6. The molecule has 2 bridgehead atoms. The maximum atomic E-state index is 4.42. The van der Waals surface area contributed by atoms with E-state index >= 15 is 0 Å². The van der Waals surface area contributed by atoms with Crippen molar-refractivity contribution in [2.75, 3.05) is 0 Å². The van der Waals surface area contributed by atoms with E-state index in [9.17, 15) is 0 Å². The fourth-order valence-corrected chi connectivity index (χ4v) is 4.57. The van der Waals surface area contributed by atoms with Crippen LogP contribution in [-0.4, -0.2) is 11.0 Å². The molecule has 4 rings (SSSR count). The van der Waals surface area contributed by atoms with Crippen LogP contribution in [0.3, 0.4) is 0 Å². The molecule has 4 unspecified atom stereocenters. The standard InChI is InChI=1S/C14H17BrN2/c15-10-3-4-11(16-6-10)7-17-14-12-8-1-2-9(5-8)13(12)14/h3-4,6,8-9,12-14,17H,1-2,5,7H2. The van der Waals surface area contributed by atoms with Gasteiger partial charge in [0, 0.05) is 23.3 Å². The monoisotopic (exact) mass is 292 g/mol. The summed E-state index contributed by atoms with van der Waals surface area (Å²) in [5.74, 6) is 4.15. The van der Waals surface area contributed by atoms with Crippen molar-refractivity contribution in [2.45, 2.75) is 31.8 Å². The number of nitrogens with zero attached hydrogens (tertiary/aromatic N) is 1. The van der Waals surface area contributed by atoms with Crippen molar-refractivity contribution in [3.8, 4) is 0 Å². The zero-order valence-corrected chi connectivity index (χ0v) is 11.4. The summed E-state index contributed by atoms with van der Waals surface area (Å²) >= 11 is 3.42. The van der Waals surface area contributed by atoms with Crippen LogP contribution in [0.4, 0.5) is 0 Å². The van der Waals surface area contributed by atoms with E-state index in [0.717, 1.165) is 46.4 Å². The number of hydrogen-bond donors (Lipinski definition) is 1.